The summed E-state index contributed by atoms with van der Waals surface area (Å²) in [4.78, 5) is 14.7. The molecule has 0 saturated heterocycles. The largest absolute Gasteiger partial charge is 0.481 e. The van der Waals surface area contributed by atoms with Gasteiger partial charge in [0.2, 0.25) is 0 Å². The van der Waals surface area contributed by atoms with Crippen LogP contribution in [0.4, 0.5) is 4.39 Å². The van der Waals surface area contributed by atoms with Gasteiger partial charge in [-0.3, -0.25) is 4.79 Å². The summed E-state index contributed by atoms with van der Waals surface area (Å²) in [7, 11) is 0. The molecule has 0 spiro atoms. The van der Waals surface area contributed by atoms with Crippen LogP contribution in [0.25, 0.3) is 11.1 Å². The zero-order valence-corrected chi connectivity index (χ0v) is 9.99. The van der Waals surface area contributed by atoms with E-state index in [-0.39, 0.29) is 17.4 Å². The predicted molar refractivity (Wildman–Crippen MR) is 66.0 cm³/mol. The van der Waals surface area contributed by atoms with E-state index < -0.39 is 5.97 Å². The van der Waals surface area contributed by atoms with Crippen molar-refractivity contribution >= 4 is 17.6 Å². The summed E-state index contributed by atoms with van der Waals surface area (Å²) in [6.45, 7) is 0. The molecule has 0 atom stereocenters. The van der Waals surface area contributed by atoms with E-state index in [0.717, 1.165) is 0 Å². The Kier molecular flexibility index (Phi) is 3.58. The van der Waals surface area contributed by atoms with E-state index in [4.69, 9.17) is 16.7 Å². The molecule has 2 rings (SSSR count). The van der Waals surface area contributed by atoms with Gasteiger partial charge in [-0.05, 0) is 29.3 Å². The van der Waals surface area contributed by atoms with Crippen LogP contribution >= 0.6 is 11.6 Å². The topological polar surface area (TPSA) is 50.2 Å². The van der Waals surface area contributed by atoms with Gasteiger partial charge in [-0.1, -0.05) is 23.7 Å². The smallest absolute Gasteiger partial charge is 0.307 e. The average Bonchev–Trinajstić information content (AvgIpc) is 2.28. The maximum Gasteiger partial charge on any atom is 0.307 e. The van der Waals surface area contributed by atoms with E-state index in [0.29, 0.717) is 16.7 Å². The second-order valence-electron chi connectivity index (χ2n) is 3.75. The molecule has 18 heavy (non-hydrogen) atoms. The number of rotatable bonds is 3. The summed E-state index contributed by atoms with van der Waals surface area (Å²) in [6, 6.07) is 7.39. The molecule has 0 bridgehead atoms. The van der Waals surface area contributed by atoms with Gasteiger partial charge in [-0.15, -0.1) is 0 Å². The van der Waals surface area contributed by atoms with Crippen molar-refractivity contribution in [1.82, 2.24) is 4.98 Å². The number of aromatic nitrogens is 1. The van der Waals surface area contributed by atoms with E-state index in [9.17, 15) is 9.18 Å². The number of carboxylic acids is 1. The van der Waals surface area contributed by atoms with E-state index in [1.54, 1.807) is 12.1 Å². The van der Waals surface area contributed by atoms with Crippen LogP contribution in [0.5, 0.6) is 0 Å². The monoisotopic (exact) mass is 265 g/mol. The van der Waals surface area contributed by atoms with Gasteiger partial charge in [0.05, 0.1) is 6.42 Å². The SMILES string of the molecule is O=C(O)Cc1cc(Cl)ncc1-c1cccc(F)c1. The molecule has 0 aliphatic rings. The molecular formula is C13H9ClFNO2. The summed E-state index contributed by atoms with van der Waals surface area (Å²) in [6.07, 6.45) is 1.27. The normalized spacial score (nSPS) is 10.3. The quantitative estimate of drug-likeness (QED) is 0.867. The van der Waals surface area contributed by atoms with E-state index in [2.05, 4.69) is 4.98 Å². The van der Waals surface area contributed by atoms with Crippen LogP contribution in [-0.4, -0.2) is 16.1 Å². The minimum atomic E-state index is -0.977. The number of benzene rings is 1. The van der Waals surface area contributed by atoms with Crippen molar-refractivity contribution in [1.29, 1.82) is 0 Å². The number of carboxylic acid groups (broad SMARTS) is 1. The fraction of sp³-hybridized carbons (Fsp3) is 0.0769. The molecule has 0 aliphatic carbocycles. The fourth-order valence-corrected chi connectivity index (χ4v) is 1.87. The first-order chi connectivity index (χ1) is 8.56. The third kappa shape index (κ3) is 2.84. The van der Waals surface area contributed by atoms with Crippen molar-refractivity contribution in [3.63, 3.8) is 0 Å². The second kappa shape index (κ2) is 5.14. The van der Waals surface area contributed by atoms with Crippen LogP contribution in [0.15, 0.2) is 36.5 Å². The summed E-state index contributed by atoms with van der Waals surface area (Å²) in [5.41, 5.74) is 1.66. The van der Waals surface area contributed by atoms with Crippen LogP contribution in [-0.2, 0) is 11.2 Å². The molecular weight excluding hydrogens is 257 g/mol. The van der Waals surface area contributed by atoms with E-state index >= 15 is 0 Å². The van der Waals surface area contributed by atoms with Crippen molar-refractivity contribution in [2.45, 2.75) is 6.42 Å². The Balaban J connectivity index is 2.52. The Bertz CT molecular complexity index is 601. The lowest BCUT2D eigenvalue weighted by Gasteiger charge is -2.08. The van der Waals surface area contributed by atoms with Gasteiger partial charge < -0.3 is 5.11 Å². The highest BCUT2D eigenvalue weighted by Gasteiger charge is 2.10. The van der Waals surface area contributed by atoms with Crippen LogP contribution in [0, 0.1) is 5.82 Å². The number of carbonyl (C=O) groups is 1. The Morgan fingerprint density at radius 2 is 2.17 bits per heavy atom. The molecule has 0 radical (unpaired) electrons. The van der Waals surface area contributed by atoms with Gasteiger partial charge in [-0.2, -0.15) is 0 Å². The Morgan fingerprint density at radius 1 is 1.39 bits per heavy atom. The predicted octanol–water partition coefficient (Wildman–Crippen LogP) is 3.17. The number of hydrogen-bond acceptors (Lipinski definition) is 2. The molecule has 2 aromatic rings. The van der Waals surface area contributed by atoms with Crippen molar-refractivity contribution in [3.05, 3.63) is 53.1 Å². The lowest BCUT2D eigenvalue weighted by atomic mass is 10.00. The molecule has 92 valence electrons. The highest BCUT2D eigenvalue weighted by atomic mass is 35.5. The summed E-state index contributed by atoms with van der Waals surface area (Å²) in [5.74, 6) is -1.36. The number of nitrogens with zero attached hydrogens (tertiary/aromatic N) is 1. The van der Waals surface area contributed by atoms with Gasteiger partial charge >= 0.3 is 5.97 Å². The molecule has 0 saturated carbocycles. The zero-order chi connectivity index (χ0) is 13.1. The molecule has 5 heteroatoms. The minimum Gasteiger partial charge on any atom is -0.481 e. The van der Waals surface area contributed by atoms with Crippen LogP contribution in [0.1, 0.15) is 5.56 Å². The van der Waals surface area contributed by atoms with Gasteiger partial charge in [-0.25, -0.2) is 9.37 Å². The Morgan fingerprint density at radius 3 is 2.83 bits per heavy atom. The molecule has 0 amide bonds. The zero-order valence-electron chi connectivity index (χ0n) is 9.23. The lowest BCUT2D eigenvalue weighted by Crippen LogP contribution is -2.02. The minimum absolute atomic E-state index is 0.186. The van der Waals surface area contributed by atoms with Gasteiger partial charge in [0, 0.05) is 11.8 Å². The molecule has 0 aliphatic heterocycles. The number of halogens is 2. The molecule has 1 aromatic heterocycles. The van der Waals surface area contributed by atoms with Gasteiger partial charge in [0.25, 0.3) is 0 Å². The van der Waals surface area contributed by atoms with Crippen LogP contribution in [0.3, 0.4) is 0 Å². The van der Waals surface area contributed by atoms with Crippen molar-refractivity contribution < 1.29 is 14.3 Å². The first-order valence-corrected chi connectivity index (χ1v) is 5.56. The molecule has 0 fully saturated rings. The van der Waals surface area contributed by atoms with Gasteiger partial charge in [0.1, 0.15) is 11.0 Å². The third-order valence-corrected chi connectivity index (χ3v) is 2.64. The molecule has 1 aromatic carbocycles. The second-order valence-corrected chi connectivity index (χ2v) is 4.13. The standard InChI is InChI=1S/C13H9ClFNO2/c14-12-5-9(6-13(17)18)11(7-16-12)8-2-1-3-10(15)4-8/h1-5,7H,6H2,(H,17,18). The molecule has 1 N–H and O–H groups in total. The van der Waals surface area contributed by atoms with Crippen LogP contribution < -0.4 is 0 Å². The fourth-order valence-electron chi connectivity index (χ4n) is 1.69. The maximum atomic E-state index is 13.2. The maximum absolute atomic E-state index is 13.2. The first-order valence-electron chi connectivity index (χ1n) is 5.18. The van der Waals surface area contributed by atoms with E-state index in [1.807, 2.05) is 0 Å². The summed E-state index contributed by atoms with van der Waals surface area (Å²) < 4.78 is 13.2. The summed E-state index contributed by atoms with van der Waals surface area (Å²) >= 11 is 5.74. The van der Waals surface area contributed by atoms with Crippen LogP contribution in [0.2, 0.25) is 5.15 Å². The molecule has 3 nitrogen and oxygen atoms in total. The van der Waals surface area contributed by atoms with E-state index in [1.165, 1.54) is 24.4 Å². The number of hydrogen-bond donors (Lipinski definition) is 1. The average molecular weight is 266 g/mol. The molecule has 1 heterocycles. The first kappa shape index (κ1) is 12.5. The Labute approximate surface area is 108 Å². The highest BCUT2D eigenvalue weighted by molar-refractivity contribution is 6.29. The number of aliphatic carboxylic acids is 1. The number of pyridine rings is 1. The van der Waals surface area contributed by atoms with Crippen molar-refractivity contribution in [3.8, 4) is 11.1 Å². The van der Waals surface area contributed by atoms with Gasteiger partial charge in [0.15, 0.2) is 0 Å². The highest BCUT2D eigenvalue weighted by Crippen LogP contribution is 2.26. The van der Waals surface area contributed by atoms with Crippen molar-refractivity contribution in [2.24, 2.45) is 0 Å². The Hall–Kier alpha value is -1.94. The van der Waals surface area contributed by atoms with Crippen molar-refractivity contribution in [2.75, 3.05) is 0 Å². The lowest BCUT2D eigenvalue weighted by molar-refractivity contribution is -0.136. The summed E-state index contributed by atoms with van der Waals surface area (Å²) in [5, 5.41) is 9.06. The molecule has 0 unspecified atom stereocenters. The third-order valence-electron chi connectivity index (χ3n) is 2.43.